The molecule has 3 aromatic carbocycles. The van der Waals surface area contributed by atoms with E-state index in [4.69, 9.17) is 0 Å². The number of hydrogen-bond acceptors (Lipinski definition) is 2. The largest absolute Gasteiger partial charge is 0.360 e. The summed E-state index contributed by atoms with van der Waals surface area (Å²) in [7, 11) is 0. The highest BCUT2D eigenvalue weighted by Gasteiger charge is 2.33. The summed E-state index contributed by atoms with van der Waals surface area (Å²) in [5.41, 5.74) is 2.53. The van der Waals surface area contributed by atoms with Crippen LogP contribution in [0.3, 0.4) is 0 Å². The molecule has 1 heterocycles. The van der Waals surface area contributed by atoms with Crippen molar-refractivity contribution in [3.05, 3.63) is 95.6 Å². The van der Waals surface area contributed by atoms with Gasteiger partial charge in [0.05, 0.1) is 5.56 Å². The van der Waals surface area contributed by atoms with Crippen molar-refractivity contribution in [2.45, 2.75) is 6.17 Å². The van der Waals surface area contributed by atoms with Gasteiger partial charge in [-0.3, -0.25) is 9.69 Å². The van der Waals surface area contributed by atoms with Gasteiger partial charge in [0, 0.05) is 11.4 Å². The van der Waals surface area contributed by atoms with Gasteiger partial charge < -0.3 is 5.32 Å². The zero-order valence-electron chi connectivity index (χ0n) is 13.1. The number of carbonyl (C=O) groups excluding carboxylic acids is 1. The van der Waals surface area contributed by atoms with Gasteiger partial charge in [0.2, 0.25) is 0 Å². The Morgan fingerprint density at radius 3 is 2.08 bits per heavy atom. The highest BCUT2D eigenvalue weighted by molar-refractivity contribution is 6.12. The molecule has 0 aromatic heterocycles. The van der Waals surface area contributed by atoms with Crippen molar-refractivity contribution < 1.29 is 13.6 Å². The van der Waals surface area contributed by atoms with E-state index in [2.05, 4.69) is 5.32 Å². The molecule has 1 atom stereocenters. The van der Waals surface area contributed by atoms with Gasteiger partial charge in [-0.15, -0.1) is 0 Å². The van der Waals surface area contributed by atoms with E-state index in [0.29, 0.717) is 16.9 Å². The van der Waals surface area contributed by atoms with Crippen molar-refractivity contribution in [2.24, 2.45) is 0 Å². The van der Waals surface area contributed by atoms with E-state index in [-0.39, 0.29) is 17.5 Å². The summed E-state index contributed by atoms with van der Waals surface area (Å²) < 4.78 is 26.6. The Bertz CT molecular complexity index is 923. The molecule has 3 aromatic rings. The van der Waals surface area contributed by atoms with Crippen LogP contribution >= 0.6 is 0 Å². The zero-order valence-corrected chi connectivity index (χ0v) is 13.1. The van der Waals surface area contributed by atoms with Gasteiger partial charge in [-0.2, -0.15) is 0 Å². The summed E-state index contributed by atoms with van der Waals surface area (Å²) in [6, 6.07) is 18.9. The van der Waals surface area contributed by atoms with E-state index < -0.39 is 6.17 Å². The second kappa shape index (κ2) is 6.02. The SMILES string of the molecule is O=C1c2ccccc2NC(c2ccc(F)cc2)N1c1ccc(F)cc1. The Balaban J connectivity index is 1.85. The van der Waals surface area contributed by atoms with E-state index in [9.17, 15) is 13.6 Å². The predicted octanol–water partition coefficient (Wildman–Crippen LogP) is 4.74. The fourth-order valence-corrected chi connectivity index (χ4v) is 3.00. The number of nitrogens with zero attached hydrogens (tertiary/aromatic N) is 1. The number of amides is 1. The van der Waals surface area contributed by atoms with Crippen molar-refractivity contribution in [2.75, 3.05) is 10.2 Å². The molecule has 3 nitrogen and oxygen atoms in total. The van der Waals surface area contributed by atoms with Crippen LogP contribution in [0.2, 0.25) is 0 Å². The van der Waals surface area contributed by atoms with Gasteiger partial charge >= 0.3 is 0 Å². The van der Waals surface area contributed by atoms with Crippen LogP contribution in [0.4, 0.5) is 20.2 Å². The number of benzene rings is 3. The third kappa shape index (κ3) is 2.74. The first-order valence-corrected chi connectivity index (χ1v) is 7.83. The molecule has 0 aliphatic carbocycles. The van der Waals surface area contributed by atoms with E-state index in [1.807, 2.05) is 12.1 Å². The van der Waals surface area contributed by atoms with Gasteiger partial charge in [0.1, 0.15) is 17.8 Å². The number of carbonyl (C=O) groups is 1. The molecule has 0 saturated carbocycles. The lowest BCUT2D eigenvalue weighted by molar-refractivity contribution is 0.0975. The number of hydrogen-bond donors (Lipinski definition) is 1. The lowest BCUT2D eigenvalue weighted by Gasteiger charge is -2.38. The normalized spacial score (nSPS) is 16.3. The number of para-hydroxylation sites is 1. The summed E-state index contributed by atoms with van der Waals surface area (Å²) in [4.78, 5) is 14.6. The monoisotopic (exact) mass is 336 g/mol. The second-order valence-electron chi connectivity index (χ2n) is 5.80. The fraction of sp³-hybridized carbons (Fsp3) is 0.0500. The van der Waals surface area contributed by atoms with E-state index in [1.54, 1.807) is 41.3 Å². The Labute approximate surface area is 143 Å². The van der Waals surface area contributed by atoms with Crippen LogP contribution in [-0.2, 0) is 0 Å². The van der Waals surface area contributed by atoms with Crippen LogP contribution in [0.15, 0.2) is 72.8 Å². The molecule has 124 valence electrons. The highest BCUT2D eigenvalue weighted by Crippen LogP contribution is 2.36. The highest BCUT2D eigenvalue weighted by atomic mass is 19.1. The van der Waals surface area contributed by atoms with Crippen LogP contribution in [0, 0.1) is 11.6 Å². The predicted molar refractivity (Wildman–Crippen MR) is 92.4 cm³/mol. The summed E-state index contributed by atoms with van der Waals surface area (Å²) in [6.45, 7) is 0. The second-order valence-corrected chi connectivity index (χ2v) is 5.80. The number of halogens is 2. The van der Waals surface area contributed by atoms with Crippen LogP contribution in [0.1, 0.15) is 22.1 Å². The summed E-state index contributed by atoms with van der Waals surface area (Å²) in [5.74, 6) is -0.921. The Kier molecular flexibility index (Phi) is 3.69. The van der Waals surface area contributed by atoms with E-state index in [1.165, 1.54) is 24.3 Å². The standard InChI is InChI=1S/C20H14F2N2O/c21-14-7-5-13(6-8-14)19-23-18-4-2-1-3-17(18)20(25)24(19)16-11-9-15(22)10-12-16/h1-12,19,23H. The molecule has 1 aliphatic heterocycles. The minimum Gasteiger partial charge on any atom is -0.360 e. The van der Waals surface area contributed by atoms with Crippen molar-refractivity contribution in [3.63, 3.8) is 0 Å². The molecule has 25 heavy (non-hydrogen) atoms. The maximum absolute atomic E-state index is 13.3. The molecule has 0 bridgehead atoms. The van der Waals surface area contributed by atoms with E-state index >= 15 is 0 Å². The van der Waals surface area contributed by atoms with Crippen molar-refractivity contribution in [1.82, 2.24) is 0 Å². The van der Waals surface area contributed by atoms with E-state index in [0.717, 1.165) is 5.56 Å². The average Bonchev–Trinajstić information content (AvgIpc) is 2.63. The lowest BCUT2D eigenvalue weighted by atomic mass is 10.0. The number of anilines is 2. The smallest absolute Gasteiger partial charge is 0.262 e. The van der Waals surface area contributed by atoms with Gasteiger partial charge in [-0.05, 0) is 54.1 Å². The van der Waals surface area contributed by atoms with Crippen LogP contribution in [-0.4, -0.2) is 5.91 Å². The van der Waals surface area contributed by atoms with Crippen LogP contribution < -0.4 is 10.2 Å². The summed E-state index contributed by atoms with van der Waals surface area (Å²) >= 11 is 0. The third-order valence-corrected chi connectivity index (χ3v) is 4.22. The first-order chi connectivity index (χ1) is 12.1. The number of fused-ring (bicyclic) bond motifs is 1. The first-order valence-electron chi connectivity index (χ1n) is 7.83. The summed E-state index contributed by atoms with van der Waals surface area (Å²) in [5, 5.41) is 3.32. The Morgan fingerprint density at radius 1 is 0.800 bits per heavy atom. The van der Waals surface area contributed by atoms with Gasteiger partial charge in [-0.1, -0.05) is 24.3 Å². The zero-order chi connectivity index (χ0) is 17.4. The molecule has 0 fully saturated rings. The Morgan fingerprint density at radius 2 is 1.40 bits per heavy atom. The van der Waals surface area contributed by atoms with Crippen molar-refractivity contribution in [3.8, 4) is 0 Å². The third-order valence-electron chi connectivity index (χ3n) is 4.22. The lowest BCUT2D eigenvalue weighted by Crippen LogP contribution is -2.43. The van der Waals surface area contributed by atoms with Crippen molar-refractivity contribution >= 4 is 17.3 Å². The summed E-state index contributed by atoms with van der Waals surface area (Å²) in [6.07, 6.45) is -0.520. The molecule has 1 unspecified atom stereocenters. The molecule has 4 rings (SSSR count). The van der Waals surface area contributed by atoms with Gasteiger partial charge in [-0.25, -0.2) is 8.78 Å². The maximum atomic E-state index is 13.3. The minimum atomic E-state index is -0.520. The average molecular weight is 336 g/mol. The van der Waals surface area contributed by atoms with Crippen molar-refractivity contribution in [1.29, 1.82) is 0 Å². The topological polar surface area (TPSA) is 32.3 Å². The van der Waals surface area contributed by atoms with Gasteiger partial charge in [0.15, 0.2) is 0 Å². The van der Waals surface area contributed by atoms with Crippen LogP contribution in [0.25, 0.3) is 0 Å². The molecule has 1 amide bonds. The molecule has 0 radical (unpaired) electrons. The molecule has 1 N–H and O–H groups in total. The van der Waals surface area contributed by atoms with Crippen LogP contribution in [0.5, 0.6) is 0 Å². The fourth-order valence-electron chi connectivity index (χ4n) is 3.00. The Hall–Kier alpha value is -3.21. The quantitative estimate of drug-likeness (QED) is 0.733. The molecule has 0 saturated heterocycles. The minimum absolute atomic E-state index is 0.199. The molecular weight excluding hydrogens is 322 g/mol. The number of nitrogens with one attached hydrogen (secondary N) is 1. The first kappa shape index (κ1) is 15.3. The molecule has 1 aliphatic rings. The molecule has 5 heteroatoms. The molecular formula is C20H14F2N2O. The number of rotatable bonds is 2. The maximum Gasteiger partial charge on any atom is 0.262 e. The van der Waals surface area contributed by atoms with Gasteiger partial charge in [0.25, 0.3) is 5.91 Å². The molecule has 0 spiro atoms.